The number of fused-ring (bicyclic) bond motifs is 2. The van der Waals surface area contributed by atoms with Crippen molar-refractivity contribution in [1.29, 1.82) is 0 Å². The van der Waals surface area contributed by atoms with E-state index >= 15 is 0 Å². The van der Waals surface area contributed by atoms with Crippen LogP contribution in [0.5, 0.6) is 0 Å². The van der Waals surface area contributed by atoms with Crippen LogP contribution in [-0.2, 0) is 22.5 Å². The van der Waals surface area contributed by atoms with Crippen molar-refractivity contribution < 1.29 is 14.3 Å². The molecule has 2 unspecified atom stereocenters. The normalized spacial score (nSPS) is 21.8. The smallest absolute Gasteiger partial charge is 0.411 e. The van der Waals surface area contributed by atoms with E-state index in [1.807, 2.05) is 59.8 Å². The minimum Gasteiger partial charge on any atom is -0.445 e. The van der Waals surface area contributed by atoms with Crippen LogP contribution in [0, 0.1) is 0 Å². The lowest BCUT2D eigenvalue weighted by atomic mass is 9.91. The Morgan fingerprint density at radius 1 is 1.12 bits per heavy atom. The van der Waals surface area contributed by atoms with E-state index < -0.39 is 0 Å². The summed E-state index contributed by atoms with van der Waals surface area (Å²) in [5, 5.41) is 0. The predicted molar refractivity (Wildman–Crippen MR) is 97.5 cm³/mol. The van der Waals surface area contributed by atoms with Crippen molar-refractivity contribution in [3.05, 3.63) is 77.6 Å². The largest absolute Gasteiger partial charge is 0.445 e. The SMILES string of the molecule is O=C(OCc1ccccc1)N1C2C=C(Cc3ccncc3)CC1COC2. The van der Waals surface area contributed by atoms with Gasteiger partial charge in [0.25, 0.3) is 0 Å². The van der Waals surface area contributed by atoms with E-state index in [1.165, 1.54) is 11.1 Å². The zero-order chi connectivity index (χ0) is 17.8. The van der Waals surface area contributed by atoms with E-state index in [0.29, 0.717) is 19.8 Å². The quantitative estimate of drug-likeness (QED) is 0.794. The third kappa shape index (κ3) is 3.78. The number of aromatic nitrogens is 1. The second-order valence-corrected chi connectivity index (χ2v) is 6.77. The topological polar surface area (TPSA) is 51.7 Å². The van der Waals surface area contributed by atoms with Crippen LogP contribution in [0.25, 0.3) is 0 Å². The molecule has 0 saturated carbocycles. The number of amides is 1. The van der Waals surface area contributed by atoms with Crippen LogP contribution in [0.3, 0.4) is 0 Å². The van der Waals surface area contributed by atoms with Crippen molar-refractivity contribution in [2.75, 3.05) is 13.2 Å². The lowest BCUT2D eigenvalue weighted by Gasteiger charge is -2.43. The minimum absolute atomic E-state index is 0.0406. The molecule has 4 rings (SSSR count). The van der Waals surface area contributed by atoms with E-state index in [0.717, 1.165) is 18.4 Å². The lowest BCUT2D eigenvalue weighted by molar-refractivity contribution is -0.0374. The molecule has 0 aliphatic carbocycles. The molecular formula is C21H22N2O3. The van der Waals surface area contributed by atoms with E-state index in [2.05, 4.69) is 11.1 Å². The van der Waals surface area contributed by atoms with Gasteiger partial charge in [0.2, 0.25) is 0 Å². The van der Waals surface area contributed by atoms with Crippen LogP contribution in [0.15, 0.2) is 66.5 Å². The summed E-state index contributed by atoms with van der Waals surface area (Å²) in [5.74, 6) is 0. The van der Waals surface area contributed by atoms with Gasteiger partial charge < -0.3 is 9.47 Å². The minimum atomic E-state index is -0.258. The number of rotatable bonds is 4. The van der Waals surface area contributed by atoms with Crippen molar-refractivity contribution in [1.82, 2.24) is 9.88 Å². The predicted octanol–water partition coefficient (Wildman–Crippen LogP) is 3.36. The highest BCUT2D eigenvalue weighted by molar-refractivity contribution is 5.69. The molecule has 1 aromatic heterocycles. The third-order valence-corrected chi connectivity index (χ3v) is 4.87. The Morgan fingerprint density at radius 2 is 1.92 bits per heavy atom. The molecule has 26 heavy (non-hydrogen) atoms. The van der Waals surface area contributed by atoms with Crippen LogP contribution in [0.4, 0.5) is 4.79 Å². The van der Waals surface area contributed by atoms with Gasteiger partial charge in [-0.25, -0.2) is 4.79 Å². The van der Waals surface area contributed by atoms with Gasteiger partial charge >= 0.3 is 6.09 Å². The number of carbonyl (C=O) groups excluding carboxylic acids is 1. The highest BCUT2D eigenvalue weighted by atomic mass is 16.6. The number of nitrogens with zero attached hydrogens (tertiary/aromatic N) is 2. The second kappa shape index (κ2) is 7.70. The van der Waals surface area contributed by atoms with Crippen molar-refractivity contribution in [2.24, 2.45) is 0 Å². The molecule has 1 saturated heterocycles. The zero-order valence-corrected chi connectivity index (χ0v) is 14.6. The molecule has 134 valence electrons. The molecule has 1 amide bonds. The summed E-state index contributed by atoms with van der Waals surface area (Å²) in [6.07, 6.45) is 7.25. The first kappa shape index (κ1) is 16.8. The number of ether oxygens (including phenoxy) is 2. The zero-order valence-electron chi connectivity index (χ0n) is 14.6. The molecule has 5 heteroatoms. The molecule has 1 fully saturated rings. The van der Waals surface area contributed by atoms with E-state index in [9.17, 15) is 4.79 Å². The fourth-order valence-electron chi connectivity index (χ4n) is 3.66. The molecular weight excluding hydrogens is 328 g/mol. The van der Waals surface area contributed by atoms with Gasteiger partial charge in [0, 0.05) is 12.4 Å². The summed E-state index contributed by atoms with van der Waals surface area (Å²) in [6, 6.07) is 13.8. The Kier molecular flexibility index (Phi) is 4.97. The number of hydrogen-bond donors (Lipinski definition) is 0. The van der Waals surface area contributed by atoms with E-state index in [4.69, 9.17) is 9.47 Å². The molecule has 0 spiro atoms. The number of morpholine rings is 1. The summed E-state index contributed by atoms with van der Waals surface area (Å²) in [4.78, 5) is 18.6. The van der Waals surface area contributed by atoms with E-state index in [1.54, 1.807) is 0 Å². The Balaban J connectivity index is 1.43. The van der Waals surface area contributed by atoms with E-state index in [-0.39, 0.29) is 18.2 Å². The third-order valence-electron chi connectivity index (χ3n) is 4.87. The van der Waals surface area contributed by atoms with Gasteiger partial charge in [0.1, 0.15) is 6.61 Å². The van der Waals surface area contributed by atoms with Crippen LogP contribution in [0.2, 0.25) is 0 Å². The molecule has 5 nitrogen and oxygen atoms in total. The van der Waals surface area contributed by atoms with Gasteiger partial charge in [-0.15, -0.1) is 0 Å². The van der Waals surface area contributed by atoms with Crippen molar-refractivity contribution >= 4 is 6.09 Å². The highest BCUT2D eigenvalue weighted by Gasteiger charge is 2.38. The second-order valence-electron chi connectivity index (χ2n) is 6.77. The first-order valence-corrected chi connectivity index (χ1v) is 8.95. The average Bonchev–Trinajstić information content (AvgIpc) is 2.67. The maximum atomic E-state index is 12.7. The molecule has 2 aliphatic heterocycles. The fraction of sp³-hybridized carbons (Fsp3) is 0.333. The first-order chi connectivity index (χ1) is 12.8. The van der Waals surface area contributed by atoms with Crippen LogP contribution in [-0.4, -0.2) is 41.3 Å². The summed E-state index contributed by atoms with van der Waals surface area (Å²) in [7, 11) is 0. The summed E-state index contributed by atoms with van der Waals surface area (Å²) < 4.78 is 11.2. The maximum Gasteiger partial charge on any atom is 0.411 e. The molecule has 2 aliphatic rings. The molecule has 2 bridgehead atoms. The number of pyridine rings is 1. The summed E-state index contributed by atoms with van der Waals surface area (Å²) in [5.41, 5.74) is 3.58. The number of hydrogen-bond acceptors (Lipinski definition) is 4. The number of carbonyl (C=O) groups is 1. The van der Waals surface area contributed by atoms with Gasteiger partial charge in [-0.3, -0.25) is 9.88 Å². The Bertz CT molecular complexity index is 776. The summed E-state index contributed by atoms with van der Waals surface area (Å²) >= 11 is 0. The van der Waals surface area contributed by atoms with Crippen molar-refractivity contribution in [2.45, 2.75) is 31.5 Å². The molecule has 3 heterocycles. The first-order valence-electron chi connectivity index (χ1n) is 8.95. The maximum absolute atomic E-state index is 12.7. The molecule has 1 aromatic carbocycles. The Labute approximate surface area is 153 Å². The molecule has 0 N–H and O–H groups in total. The molecule has 2 atom stereocenters. The van der Waals surface area contributed by atoms with Crippen LogP contribution < -0.4 is 0 Å². The van der Waals surface area contributed by atoms with Gasteiger partial charge in [-0.2, -0.15) is 0 Å². The van der Waals surface area contributed by atoms with Gasteiger partial charge in [0.15, 0.2) is 0 Å². The Hall–Kier alpha value is -2.66. The van der Waals surface area contributed by atoms with Crippen LogP contribution >= 0.6 is 0 Å². The van der Waals surface area contributed by atoms with Crippen molar-refractivity contribution in [3.8, 4) is 0 Å². The average molecular weight is 350 g/mol. The lowest BCUT2D eigenvalue weighted by Crippen LogP contribution is -2.56. The van der Waals surface area contributed by atoms with Gasteiger partial charge in [-0.1, -0.05) is 42.0 Å². The highest BCUT2D eigenvalue weighted by Crippen LogP contribution is 2.29. The monoisotopic (exact) mass is 350 g/mol. The van der Waals surface area contributed by atoms with Crippen LogP contribution in [0.1, 0.15) is 17.5 Å². The fourth-order valence-corrected chi connectivity index (χ4v) is 3.66. The molecule has 2 aromatic rings. The standard InChI is InChI=1S/C21H22N2O3/c24-21(26-13-17-4-2-1-3-5-17)23-19-11-18(12-20(23)15-25-14-19)10-16-6-8-22-9-7-16/h1-9,11,19-20H,10,12-15H2. The van der Waals surface area contributed by atoms with Gasteiger partial charge in [-0.05, 0) is 36.1 Å². The number of benzene rings is 1. The molecule has 0 radical (unpaired) electrons. The van der Waals surface area contributed by atoms with Gasteiger partial charge in [0.05, 0.1) is 25.3 Å². The Morgan fingerprint density at radius 3 is 2.69 bits per heavy atom. The van der Waals surface area contributed by atoms with Crippen molar-refractivity contribution in [3.63, 3.8) is 0 Å². The summed E-state index contributed by atoms with van der Waals surface area (Å²) in [6.45, 7) is 1.38.